The van der Waals surface area contributed by atoms with Gasteiger partial charge in [0.1, 0.15) is 5.82 Å². The molecule has 1 nitrogen and oxygen atoms in total. The highest BCUT2D eigenvalue weighted by Gasteiger charge is 2.31. The first-order chi connectivity index (χ1) is 9.19. The Labute approximate surface area is 113 Å². The molecule has 0 aliphatic heterocycles. The SMILES string of the molecule is NC1(c2ccc(F)c(-c3ccccc3)c2)CCCC1. The molecule has 1 fully saturated rings. The summed E-state index contributed by atoms with van der Waals surface area (Å²) in [5.74, 6) is -0.184. The Morgan fingerprint density at radius 2 is 1.63 bits per heavy atom. The molecule has 0 aromatic heterocycles. The van der Waals surface area contributed by atoms with Gasteiger partial charge in [-0.25, -0.2) is 4.39 Å². The van der Waals surface area contributed by atoms with E-state index in [0.29, 0.717) is 5.56 Å². The van der Waals surface area contributed by atoms with Gasteiger partial charge in [0.05, 0.1) is 0 Å². The summed E-state index contributed by atoms with van der Waals surface area (Å²) >= 11 is 0. The Bertz CT molecular complexity index is 571. The largest absolute Gasteiger partial charge is 0.321 e. The summed E-state index contributed by atoms with van der Waals surface area (Å²) in [6.07, 6.45) is 4.31. The van der Waals surface area contributed by atoms with E-state index in [4.69, 9.17) is 5.73 Å². The van der Waals surface area contributed by atoms with Gasteiger partial charge in [0.15, 0.2) is 0 Å². The highest BCUT2D eigenvalue weighted by atomic mass is 19.1. The smallest absolute Gasteiger partial charge is 0.131 e. The van der Waals surface area contributed by atoms with Crippen LogP contribution in [0.3, 0.4) is 0 Å². The number of nitrogens with two attached hydrogens (primary N) is 1. The van der Waals surface area contributed by atoms with E-state index in [2.05, 4.69) is 0 Å². The number of benzene rings is 2. The molecule has 2 N–H and O–H groups in total. The lowest BCUT2D eigenvalue weighted by Crippen LogP contribution is -2.33. The van der Waals surface area contributed by atoms with Crippen LogP contribution in [0.1, 0.15) is 31.2 Å². The summed E-state index contributed by atoms with van der Waals surface area (Å²) in [4.78, 5) is 0. The van der Waals surface area contributed by atoms with Crippen molar-refractivity contribution in [2.45, 2.75) is 31.2 Å². The Morgan fingerprint density at radius 1 is 0.947 bits per heavy atom. The van der Waals surface area contributed by atoms with Crippen molar-refractivity contribution < 1.29 is 4.39 Å². The van der Waals surface area contributed by atoms with E-state index in [1.165, 1.54) is 0 Å². The van der Waals surface area contributed by atoms with Crippen molar-refractivity contribution in [1.82, 2.24) is 0 Å². The second-order valence-electron chi connectivity index (χ2n) is 5.42. The van der Waals surface area contributed by atoms with E-state index in [0.717, 1.165) is 36.8 Å². The van der Waals surface area contributed by atoms with Crippen molar-refractivity contribution in [3.05, 3.63) is 59.9 Å². The van der Waals surface area contributed by atoms with Crippen LogP contribution in [0.25, 0.3) is 11.1 Å². The second kappa shape index (κ2) is 4.78. The van der Waals surface area contributed by atoms with Crippen LogP contribution in [0.5, 0.6) is 0 Å². The minimum absolute atomic E-state index is 0.184. The highest BCUT2D eigenvalue weighted by Crippen LogP contribution is 2.38. The van der Waals surface area contributed by atoms with Gasteiger partial charge in [-0.2, -0.15) is 0 Å². The predicted octanol–water partition coefficient (Wildman–Crippen LogP) is 4.22. The van der Waals surface area contributed by atoms with E-state index in [-0.39, 0.29) is 11.4 Å². The van der Waals surface area contributed by atoms with Gasteiger partial charge in [-0.05, 0) is 36.1 Å². The van der Waals surface area contributed by atoms with Gasteiger partial charge in [-0.1, -0.05) is 49.2 Å². The number of hydrogen-bond acceptors (Lipinski definition) is 1. The summed E-state index contributed by atoms with van der Waals surface area (Å²) in [7, 11) is 0. The monoisotopic (exact) mass is 255 g/mol. The molecule has 2 aromatic rings. The van der Waals surface area contributed by atoms with Crippen LogP contribution in [0.2, 0.25) is 0 Å². The molecule has 98 valence electrons. The van der Waals surface area contributed by atoms with Crippen LogP contribution in [-0.2, 0) is 5.54 Å². The first-order valence-electron chi connectivity index (χ1n) is 6.83. The first kappa shape index (κ1) is 12.4. The molecule has 0 unspecified atom stereocenters. The lowest BCUT2D eigenvalue weighted by atomic mass is 9.87. The van der Waals surface area contributed by atoms with Gasteiger partial charge in [-0.15, -0.1) is 0 Å². The quantitative estimate of drug-likeness (QED) is 0.854. The van der Waals surface area contributed by atoms with Gasteiger partial charge < -0.3 is 5.73 Å². The van der Waals surface area contributed by atoms with E-state index < -0.39 is 0 Å². The van der Waals surface area contributed by atoms with E-state index >= 15 is 0 Å². The average molecular weight is 255 g/mol. The maximum absolute atomic E-state index is 14.0. The first-order valence-corrected chi connectivity index (χ1v) is 6.83. The molecule has 1 aliphatic rings. The van der Waals surface area contributed by atoms with E-state index in [1.54, 1.807) is 6.07 Å². The lowest BCUT2D eigenvalue weighted by molar-refractivity contribution is 0.461. The molecule has 0 spiro atoms. The minimum Gasteiger partial charge on any atom is -0.321 e. The molecule has 0 heterocycles. The van der Waals surface area contributed by atoms with Crippen molar-refractivity contribution in [1.29, 1.82) is 0 Å². The fourth-order valence-electron chi connectivity index (χ4n) is 2.97. The van der Waals surface area contributed by atoms with Crippen molar-refractivity contribution in [2.75, 3.05) is 0 Å². The molecule has 0 atom stereocenters. The summed E-state index contributed by atoms with van der Waals surface area (Å²) in [5.41, 5.74) is 8.80. The van der Waals surface area contributed by atoms with Gasteiger partial charge in [0.2, 0.25) is 0 Å². The zero-order valence-electron chi connectivity index (χ0n) is 10.9. The Hall–Kier alpha value is -1.67. The van der Waals surface area contributed by atoms with Crippen LogP contribution in [0.15, 0.2) is 48.5 Å². The molecule has 0 radical (unpaired) electrons. The molecular weight excluding hydrogens is 237 g/mol. The Balaban J connectivity index is 2.06. The number of halogens is 1. The summed E-state index contributed by atoms with van der Waals surface area (Å²) in [5, 5.41) is 0. The topological polar surface area (TPSA) is 26.0 Å². The molecule has 19 heavy (non-hydrogen) atoms. The Morgan fingerprint density at radius 3 is 2.32 bits per heavy atom. The van der Waals surface area contributed by atoms with Gasteiger partial charge in [-0.3, -0.25) is 0 Å². The molecule has 1 aliphatic carbocycles. The number of rotatable bonds is 2. The maximum atomic E-state index is 14.0. The van der Waals surface area contributed by atoms with Crippen molar-refractivity contribution in [3.8, 4) is 11.1 Å². The van der Waals surface area contributed by atoms with Crippen LogP contribution in [-0.4, -0.2) is 0 Å². The summed E-state index contributed by atoms with van der Waals surface area (Å²) < 4.78 is 14.0. The highest BCUT2D eigenvalue weighted by molar-refractivity contribution is 5.65. The fraction of sp³-hybridized carbons (Fsp3) is 0.294. The second-order valence-corrected chi connectivity index (χ2v) is 5.42. The molecule has 0 amide bonds. The molecule has 3 rings (SSSR count). The molecule has 0 saturated heterocycles. The molecule has 2 heteroatoms. The third kappa shape index (κ3) is 2.28. The molecular formula is C17H18FN. The van der Waals surface area contributed by atoms with E-state index in [1.807, 2.05) is 42.5 Å². The standard InChI is InChI=1S/C17H18FN/c18-16-9-8-14(17(19)10-4-5-11-17)12-15(16)13-6-2-1-3-7-13/h1-3,6-9,12H,4-5,10-11,19H2. The van der Waals surface area contributed by atoms with Gasteiger partial charge in [0.25, 0.3) is 0 Å². The third-order valence-electron chi connectivity index (χ3n) is 4.12. The normalized spacial score (nSPS) is 17.6. The van der Waals surface area contributed by atoms with Crippen molar-refractivity contribution in [2.24, 2.45) is 5.73 Å². The zero-order chi connectivity index (χ0) is 13.3. The van der Waals surface area contributed by atoms with E-state index in [9.17, 15) is 4.39 Å². The Kier molecular flexibility index (Phi) is 3.11. The van der Waals surface area contributed by atoms with Gasteiger partial charge in [0, 0.05) is 11.1 Å². The summed E-state index contributed by atoms with van der Waals surface area (Å²) in [6, 6.07) is 15.0. The fourth-order valence-corrected chi connectivity index (χ4v) is 2.97. The van der Waals surface area contributed by atoms with Crippen LogP contribution in [0.4, 0.5) is 4.39 Å². The molecule has 0 bridgehead atoms. The lowest BCUT2D eigenvalue weighted by Gasteiger charge is -2.25. The van der Waals surface area contributed by atoms with Crippen molar-refractivity contribution >= 4 is 0 Å². The van der Waals surface area contributed by atoms with Crippen LogP contribution >= 0.6 is 0 Å². The van der Waals surface area contributed by atoms with Crippen LogP contribution in [0, 0.1) is 5.82 Å². The molecule has 1 saturated carbocycles. The average Bonchev–Trinajstić information content (AvgIpc) is 2.88. The maximum Gasteiger partial charge on any atom is 0.131 e. The summed E-state index contributed by atoms with van der Waals surface area (Å²) in [6.45, 7) is 0. The molecule has 2 aromatic carbocycles. The van der Waals surface area contributed by atoms with Crippen molar-refractivity contribution in [3.63, 3.8) is 0 Å². The third-order valence-corrected chi connectivity index (χ3v) is 4.12. The minimum atomic E-state index is -0.267. The number of hydrogen-bond donors (Lipinski definition) is 1. The van der Waals surface area contributed by atoms with Gasteiger partial charge >= 0.3 is 0 Å². The predicted molar refractivity (Wildman–Crippen MR) is 76.2 cm³/mol. The zero-order valence-corrected chi connectivity index (χ0v) is 10.9. The van der Waals surface area contributed by atoms with Crippen LogP contribution < -0.4 is 5.73 Å².